The molecule has 8 nitrogen and oxygen atoms in total. The number of pyridine rings is 2. The minimum atomic E-state index is -0.195. The number of nitrogens with zero attached hydrogens (tertiary/aromatic N) is 3. The molecule has 1 saturated heterocycles. The van der Waals surface area contributed by atoms with E-state index in [1.54, 1.807) is 0 Å². The van der Waals surface area contributed by atoms with Crippen molar-refractivity contribution >= 4 is 22.6 Å². The molecule has 1 aliphatic heterocycles. The molecular weight excluding hydrogens is 490 g/mol. The van der Waals surface area contributed by atoms with E-state index in [1.165, 1.54) is 0 Å². The van der Waals surface area contributed by atoms with E-state index in [4.69, 9.17) is 9.72 Å². The number of hydrogen-bond acceptors (Lipinski definition) is 5. The van der Waals surface area contributed by atoms with Gasteiger partial charge in [-0.25, -0.2) is 4.98 Å². The summed E-state index contributed by atoms with van der Waals surface area (Å²) in [6.45, 7) is 12.1. The van der Waals surface area contributed by atoms with Gasteiger partial charge in [0, 0.05) is 66.3 Å². The summed E-state index contributed by atoms with van der Waals surface area (Å²) in [6.07, 6.45) is 5.68. The zero-order valence-electron chi connectivity index (χ0n) is 23.3. The Morgan fingerprint density at radius 1 is 1.13 bits per heavy atom. The number of H-pyrrole nitrogens is 1. The van der Waals surface area contributed by atoms with E-state index in [2.05, 4.69) is 51.9 Å². The van der Waals surface area contributed by atoms with Gasteiger partial charge in [0.25, 0.3) is 11.5 Å². The number of rotatable bonds is 8. The first-order chi connectivity index (χ1) is 18.9. The van der Waals surface area contributed by atoms with E-state index in [0.717, 1.165) is 77.1 Å². The number of carbonyl (C=O) groups is 1. The van der Waals surface area contributed by atoms with Gasteiger partial charge in [0.2, 0.25) is 0 Å². The molecule has 1 amide bonds. The highest BCUT2D eigenvalue weighted by molar-refractivity contribution is 6.06. The normalized spacial score (nSPS) is 13.7. The van der Waals surface area contributed by atoms with Crippen molar-refractivity contribution in [3.8, 4) is 11.1 Å². The molecule has 2 N–H and O–H groups in total. The Hall–Kier alpha value is -3.91. The van der Waals surface area contributed by atoms with Crippen molar-refractivity contribution in [1.29, 1.82) is 0 Å². The Morgan fingerprint density at radius 2 is 1.92 bits per heavy atom. The number of aromatic amines is 1. The molecule has 39 heavy (non-hydrogen) atoms. The maximum Gasteiger partial charge on any atom is 0.253 e. The van der Waals surface area contributed by atoms with E-state index < -0.39 is 0 Å². The number of anilines is 1. The lowest BCUT2D eigenvalue weighted by Gasteiger charge is -2.27. The lowest BCUT2D eigenvalue weighted by molar-refractivity contribution is 0.0950. The number of fused-ring (bicyclic) bond motifs is 1. The van der Waals surface area contributed by atoms with Gasteiger partial charge in [0.1, 0.15) is 5.82 Å². The Bertz CT molecular complexity index is 1550. The van der Waals surface area contributed by atoms with Crippen LogP contribution in [0.2, 0.25) is 0 Å². The first kappa shape index (κ1) is 26.7. The summed E-state index contributed by atoms with van der Waals surface area (Å²) in [5.41, 5.74) is 6.78. The van der Waals surface area contributed by atoms with E-state index >= 15 is 0 Å². The number of aromatic nitrogens is 3. The number of morpholine rings is 1. The number of carbonyl (C=O) groups excluding carboxylic acids is 1. The lowest BCUT2D eigenvalue weighted by atomic mass is 9.95. The average Bonchev–Trinajstić information content (AvgIpc) is 3.38. The van der Waals surface area contributed by atoms with Crippen LogP contribution < -0.4 is 15.8 Å². The molecule has 0 aliphatic carbocycles. The van der Waals surface area contributed by atoms with Crippen molar-refractivity contribution in [1.82, 2.24) is 19.9 Å². The smallest absolute Gasteiger partial charge is 0.253 e. The van der Waals surface area contributed by atoms with Gasteiger partial charge in [-0.3, -0.25) is 9.59 Å². The van der Waals surface area contributed by atoms with Gasteiger partial charge in [0.15, 0.2) is 0 Å². The summed E-state index contributed by atoms with van der Waals surface area (Å²) >= 11 is 0. The van der Waals surface area contributed by atoms with Gasteiger partial charge in [-0.15, -0.1) is 0 Å². The summed E-state index contributed by atoms with van der Waals surface area (Å²) in [5.74, 6) is 0.737. The molecule has 4 aromatic rings. The standard InChI is InChI=1S/C31H37N5O3/c1-5-7-22-16-20(3)34-31(38)27(22)19-33-30(37)25-17-26(24-10-11-35(6-2)29(24)21(25)4)23-8-9-28(32-18-23)36-12-14-39-15-13-36/h8-11,16-18H,5-7,12-15,19H2,1-4H3,(H,33,37)(H,34,38). The third kappa shape index (κ3) is 5.34. The van der Waals surface area contributed by atoms with Crippen molar-refractivity contribution in [3.63, 3.8) is 0 Å². The largest absolute Gasteiger partial charge is 0.378 e. The van der Waals surface area contributed by atoms with E-state index in [1.807, 2.05) is 38.2 Å². The predicted octanol–water partition coefficient (Wildman–Crippen LogP) is 4.75. The monoisotopic (exact) mass is 527 g/mol. The fraction of sp³-hybridized carbons (Fsp3) is 0.387. The molecule has 3 aromatic heterocycles. The van der Waals surface area contributed by atoms with Gasteiger partial charge in [-0.1, -0.05) is 13.3 Å². The van der Waals surface area contributed by atoms with Crippen LogP contribution in [0.3, 0.4) is 0 Å². The fourth-order valence-corrected chi connectivity index (χ4v) is 5.56. The van der Waals surface area contributed by atoms with Gasteiger partial charge >= 0.3 is 0 Å². The minimum absolute atomic E-state index is 0.141. The molecule has 204 valence electrons. The molecule has 0 saturated carbocycles. The minimum Gasteiger partial charge on any atom is -0.378 e. The first-order valence-corrected chi connectivity index (χ1v) is 13.8. The highest BCUT2D eigenvalue weighted by Crippen LogP contribution is 2.34. The maximum absolute atomic E-state index is 13.6. The number of amides is 1. The van der Waals surface area contributed by atoms with Gasteiger partial charge in [-0.2, -0.15) is 0 Å². The van der Waals surface area contributed by atoms with Crippen molar-refractivity contribution in [2.45, 2.75) is 53.6 Å². The molecule has 1 aromatic carbocycles. The first-order valence-electron chi connectivity index (χ1n) is 13.8. The van der Waals surface area contributed by atoms with Gasteiger partial charge in [0.05, 0.1) is 18.7 Å². The molecule has 0 radical (unpaired) electrons. The number of aryl methyl sites for hydroxylation is 4. The zero-order chi connectivity index (χ0) is 27.5. The second kappa shape index (κ2) is 11.5. The summed E-state index contributed by atoms with van der Waals surface area (Å²) in [6, 6.07) is 10.2. The van der Waals surface area contributed by atoms with Crippen molar-refractivity contribution in [2.75, 3.05) is 31.2 Å². The van der Waals surface area contributed by atoms with Crippen LogP contribution in [-0.2, 0) is 24.2 Å². The number of ether oxygens (including phenoxy) is 1. The van der Waals surface area contributed by atoms with Crippen molar-refractivity contribution in [2.24, 2.45) is 0 Å². The van der Waals surface area contributed by atoms with Crippen LogP contribution in [0.5, 0.6) is 0 Å². The van der Waals surface area contributed by atoms with Crippen molar-refractivity contribution in [3.05, 3.63) is 81.0 Å². The highest BCUT2D eigenvalue weighted by atomic mass is 16.5. The fourth-order valence-electron chi connectivity index (χ4n) is 5.56. The van der Waals surface area contributed by atoms with Gasteiger partial charge in [-0.05, 0) is 74.2 Å². The molecule has 1 fully saturated rings. The topological polar surface area (TPSA) is 92.2 Å². The van der Waals surface area contributed by atoms with E-state index in [-0.39, 0.29) is 18.0 Å². The summed E-state index contributed by atoms with van der Waals surface area (Å²) in [4.78, 5) is 36.2. The molecule has 0 unspecified atom stereocenters. The van der Waals surface area contributed by atoms with Crippen LogP contribution in [0.15, 0.2) is 47.5 Å². The molecule has 1 aliphatic rings. The van der Waals surface area contributed by atoms with Crippen molar-refractivity contribution < 1.29 is 9.53 Å². The zero-order valence-corrected chi connectivity index (χ0v) is 23.3. The van der Waals surface area contributed by atoms with E-state index in [0.29, 0.717) is 24.3 Å². The molecule has 5 rings (SSSR count). The number of nitrogens with one attached hydrogen (secondary N) is 2. The Balaban J connectivity index is 1.50. The molecule has 0 spiro atoms. The molecule has 0 bridgehead atoms. The van der Waals surface area contributed by atoms with Gasteiger partial charge < -0.3 is 24.5 Å². The second-order valence-electron chi connectivity index (χ2n) is 10.2. The van der Waals surface area contributed by atoms with Crippen LogP contribution in [0.4, 0.5) is 5.82 Å². The lowest BCUT2D eigenvalue weighted by Crippen LogP contribution is -2.36. The van der Waals surface area contributed by atoms with Crippen LogP contribution in [0.1, 0.15) is 53.0 Å². The quantitative estimate of drug-likeness (QED) is 0.345. The van der Waals surface area contributed by atoms with Crippen LogP contribution in [0, 0.1) is 13.8 Å². The molecule has 4 heterocycles. The third-order valence-electron chi connectivity index (χ3n) is 7.59. The van der Waals surface area contributed by atoms with Crippen LogP contribution >= 0.6 is 0 Å². The van der Waals surface area contributed by atoms with E-state index in [9.17, 15) is 9.59 Å². The average molecular weight is 528 g/mol. The summed E-state index contributed by atoms with van der Waals surface area (Å²) in [5, 5.41) is 4.13. The highest BCUT2D eigenvalue weighted by Gasteiger charge is 2.20. The predicted molar refractivity (Wildman–Crippen MR) is 156 cm³/mol. The van der Waals surface area contributed by atoms with Crippen LogP contribution in [0.25, 0.3) is 22.0 Å². The molecule has 0 atom stereocenters. The third-order valence-corrected chi connectivity index (χ3v) is 7.59. The summed E-state index contributed by atoms with van der Waals surface area (Å²) < 4.78 is 7.64. The Labute approximate surface area is 229 Å². The SMILES string of the molecule is CCCc1cc(C)[nH]c(=O)c1CNC(=O)c1cc(-c2ccc(N3CCOCC3)nc2)c2ccn(CC)c2c1C. The molecular formula is C31H37N5O3. The Morgan fingerprint density at radius 3 is 2.62 bits per heavy atom. The maximum atomic E-state index is 13.6. The second-order valence-corrected chi connectivity index (χ2v) is 10.2. The Kier molecular flexibility index (Phi) is 7.84. The summed E-state index contributed by atoms with van der Waals surface area (Å²) in [7, 11) is 0. The number of hydrogen-bond donors (Lipinski definition) is 2. The number of benzene rings is 1. The molecule has 8 heteroatoms. The van der Waals surface area contributed by atoms with Crippen LogP contribution in [-0.4, -0.2) is 46.7 Å².